The zero-order valence-electron chi connectivity index (χ0n) is 14.1. The smallest absolute Gasteiger partial charge is 0.378 e. The third-order valence-corrected chi connectivity index (χ3v) is 5.20. The molecule has 0 atom stereocenters. The number of benzene rings is 1. The van der Waals surface area contributed by atoms with E-state index in [-0.39, 0.29) is 35.1 Å². The fourth-order valence-electron chi connectivity index (χ4n) is 2.32. The molecule has 27 heavy (non-hydrogen) atoms. The van der Waals surface area contributed by atoms with Crippen LogP contribution in [0.1, 0.15) is 17.0 Å². The normalized spacial score (nSPS) is 12.2. The first-order valence-corrected chi connectivity index (χ1v) is 8.94. The highest BCUT2D eigenvalue weighted by molar-refractivity contribution is 7.89. The van der Waals surface area contributed by atoms with E-state index in [1.54, 1.807) is 0 Å². The molecule has 0 unspecified atom stereocenters. The first-order chi connectivity index (χ1) is 12.4. The second-order valence-electron chi connectivity index (χ2n) is 5.46. The van der Waals surface area contributed by atoms with Crippen molar-refractivity contribution in [3.8, 4) is 0 Å². The Balaban J connectivity index is 2.06. The summed E-state index contributed by atoms with van der Waals surface area (Å²) in [5, 5.41) is 17.1. The maximum absolute atomic E-state index is 12.7. The molecule has 1 aromatic heterocycles. The van der Waals surface area contributed by atoms with Crippen molar-refractivity contribution in [1.29, 1.82) is 0 Å². The van der Waals surface area contributed by atoms with E-state index in [0.29, 0.717) is 12.1 Å². The van der Waals surface area contributed by atoms with Gasteiger partial charge in [-0.3, -0.25) is 10.1 Å². The van der Waals surface area contributed by atoms with Gasteiger partial charge in [0.25, 0.3) is 5.69 Å². The Morgan fingerprint density at radius 3 is 2.44 bits per heavy atom. The van der Waals surface area contributed by atoms with E-state index >= 15 is 0 Å². The predicted octanol–water partition coefficient (Wildman–Crippen LogP) is 2.61. The number of hydrogen-bond acceptors (Lipinski definition) is 7. The summed E-state index contributed by atoms with van der Waals surface area (Å²) in [6.45, 7) is 2.60. The fraction of sp³-hybridized carbons (Fsp3) is 0.357. The van der Waals surface area contributed by atoms with Gasteiger partial charge in [0.1, 0.15) is 16.3 Å². The number of rotatable bonds is 7. The topological polar surface area (TPSA) is 127 Å². The van der Waals surface area contributed by atoms with E-state index in [9.17, 15) is 31.7 Å². The molecule has 0 saturated carbocycles. The molecular weight excluding hydrogens is 393 g/mol. The number of nitro benzene ring substituents is 1. The summed E-state index contributed by atoms with van der Waals surface area (Å²) >= 11 is 0. The van der Waals surface area contributed by atoms with Crippen LogP contribution in [0.25, 0.3) is 0 Å². The largest absolute Gasteiger partial charge is 0.416 e. The molecule has 0 aliphatic heterocycles. The van der Waals surface area contributed by atoms with Crippen molar-refractivity contribution < 1.29 is 31.0 Å². The molecule has 1 heterocycles. The molecule has 1 aromatic carbocycles. The minimum Gasteiger partial charge on any atom is -0.378 e. The molecular formula is C14H15F3N4O5S. The van der Waals surface area contributed by atoms with E-state index in [2.05, 4.69) is 15.2 Å². The minimum atomic E-state index is -4.72. The van der Waals surface area contributed by atoms with Crippen LogP contribution < -0.4 is 10.0 Å². The Morgan fingerprint density at radius 2 is 1.93 bits per heavy atom. The SMILES string of the molecule is Cc1noc(C)c1S(=O)(=O)NCCNc1ccc(C(F)(F)F)cc1[N+](=O)[O-]. The zero-order chi connectivity index (χ0) is 20.4. The van der Waals surface area contributed by atoms with Crippen LogP contribution in [-0.2, 0) is 16.2 Å². The molecule has 0 bridgehead atoms. The number of alkyl halides is 3. The fourth-order valence-corrected chi connectivity index (χ4v) is 3.68. The lowest BCUT2D eigenvalue weighted by molar-refractivity contribution is -0.384. The van der Waals surface area contributed by atoms with Crippen molar-refractivity contribution in [2.45, 2.75) is 24.9 Å². The Morgan fingerprint density at radius 1 is 1.26 bits per heavy atom. The van der Waals surface area contributed by atoms with Gasteiger partial charge in [0.15, 0.2) is 5.76 Å². The van der Waals surface area contributed by atoms with E-state index < -0.39 is 32.4 Å². The molecule has 0 radical (unpaired) electrons. The highest BCUT2D eigenvalue weighted by Gasteiger charge is 2.33. The number of aromatic nitrogens is 1. The van der Waals surface area contributed by atoms with Crippen LogP contribution in [0.2, 0.25) is 0 Å². The number of anilines is 1. The van der Waals surface area contributed by atoms with Crippen LogP contribution in [0.3, 0.4) is 0 Å². The summed E-state index contributed by atoms with van der Waals surface area (Å²) in [7, 11) is -3.91. The van der Waals surface area contributed by atoms with Gasteiger partial charge in [0, 0.05) is 19.2 Å². The van der Waals surface area contributed by atoms with Crippen molar-refractivity contribution in [3.05, 3.63) is 45.3 Å². The van der Waals surface area contributed by atoms with Crippen LogP contribution >= 0.6 is 0 Å². The monoisotopic (exact) mass is 408 g/mol. The molecule has 13 heteroatoms. The Kier molecular flexibility index (Phi) is 5.75. The van der Waals surface area contributed by atoms with Crippen molar-refractivity contribution in [1.82, 2.24) is 9.88 Å². The van der Waals surface area contributed by atoms with Crippen LogP contribution in [0, 0.1) is 24.0 Å². The quantitative estimate of drug-likeness (QED) is 0.409. The van der Waals surface area contributed by atoms with E-state index in [1.165, 1.54) is 13.8 Å². The van der Waals surface area contributed by atoms with E-state index in [0.717, 1.165) is 6.07 Å². The molecule has 0 amide bonds. The minimum absolute atomic E-state index is 0.102. The second kappa shape index (κ2) is 7.52. The predicted molar refractivity (Wildman–Crippen MR) is 87.8 cm³/mol. The molecule has 0 aliphatic carbocycles. The van der Waals surface area contributed by atoms with Gasteiger partial charge in [-0.1, -0.05) is 5.16 Å². The maximum atomic E-state index is 12.7. The second-order valence-corrected chi connectivity index (χ2v) is 7.17. The molecule has 2 N–H and O–H groups in total. The highest BCUT2D eigenvalue weighted by atomic mass is 32.2. The lowest BCUT2D eigenvalue weighted by atomic mass is 10.1. The Labute approximate surface area is 151 Å². The average Bonchev–Trinajstić information content (AvgIpc) is 2.90. The number of hydrogen-bond donors (Lipinski definition) is 2. The first kappa shape index (κ1) is 20.6. The van der Waals surface area contributed by atoms with Gasteiger partial charge in [0.2, 0.25) is 10.0 Å². The molecule has 0 spiro atoms. The van der Waals surface area contributed by atoms with E-state index in [4.69, 9.17) is 4.52 Å². The van der Waals surface area contributed by atoms with E-state index in [1.807, 2.05) is 0 Å². The van der Waals surface area contributed by atoms with Crippen LogP contribution in [0.5, 0.6) is 0 Å². The van der Waals surface area contributed by atoms with Gasteiger partial charge in [0.05, 0.1) is 10.5 Å². The van der Waals surface area contributed by atoms with Crippen molar-refractivity contribution in [2.75, 3.05) is 18.4 Å². The summed E-state index contributed by atoms with van der Waals surface area (Å²) in [5.41, 5.74) is -1.91. The van der Waals surface area contributed by atoms with Crippen molar-refractivity contribution in [2.24, 2.45) is 0 Å². The summed E-state index contributed by atoms with van der Waals surface area (Å²) < 4.78 is 69.5. The molecule has 0 aliphatic rings. The number of nitrogens with zero attached hydrogens (tertiary/aromatic N) is 2. The maximum Gasteiger partial charge on any atom is 0.416 e. The molecule has 0 fully saturated rings. The number of nitrogens with one attached hydrogen (secondary N) is 2. The third kappa shape index (κ3) is 4.74. The molecule has 0 saturated heterocycles. The third-order valence-electron chi connectivity index (χ3n) is 3.49. The molecule has 2 rings (SSSR count). The van der Waals surface area contributed by atoms with Gasteiger partial charge in [-0.2, -0.15) is 13.2 Å². The van der Waals surface area contributed by atoms with Crippen LogP contribution in [0.4, 0.5) is 24.5 Å². The summed E-state index contributed by atoms with van der Waals surface area (Å²) in [6, 6.07) is 2.03. The first-order valence-electron chi connectivity index (χ1n) is 7.45. The van der Waals surface area contributed by atoms with Crippen molar-refractivity contribution in [3.63, 3.8) is 0 Å². The molecule has 148 valence electrons. The van der Waals surface area contributed by atoms with Gasteiger partial charge < -0.3 is 9.84 Å². The molecule has 2 aromatic rings. The van der Waals surface area contributed by atoms with Crippen LogP contribution in [-0.4, -0.2) is 31.6 Å². The lowest BCUT2D eigenvalue weighted by Crippen LogP contribution is -2.29. The van der Waals surface area contributed by atoms with Gasteiger partial charge >= 0.3 is 6.18 Å². The summed E-state index contributed by atoms with van der Waals surface area (Å²) in [4.78, 5) is 9.93. The van der Waals surface area contributed by atoms with Gasteiger partial charge in [-0.15, -0.1) is 0 Å². The zero-order valence-corrected chi connectivity index (χ0v) is 14.9. The van der Waals surface area contributed by atoms with Crippen molar-refractivity contribution >= 4 is 21.4 Å². The number of aryl methyl sites for hydroxylation is 2. The van der Waals surface area contributed by atoms with Gasteiger partial charge in [-0.25, -0.2) is 13.1 Å². The average molecular weight is 408 g/mol. The Hall–Kier alpha value is -2.67. The summed E-state index contributed by atoms with van der Waals surface area (Å²) in [6.07, 6.45) is -4.72. The standard InChI is InChI=1S/C14H15F3N4O5S/c1-8-13(9(2)26-20-8)27(24,25)19-6-5-18-11-4-3-10(14(15,16)17)7-12(11)21(22)23/h3-4,7,18-19H,5-6H2,1-2H3. The lowest BCUT2D eigenvalue weighted by Gasteiger charge is -2.11. The van der Waals surface area contributed by atoms with Gasteiger partial charge in [-0.05, 0) is 26.0 Å². The number of halogens is 3. The summed E-state index contributed by atoms with van der Waals surface area (Å²) in [5.74, 6) is 0.103. The number of nitro groups is 1. The Bertz CT molecular complexity index is 937. The van der Waals surface area contributed by atoms with Crippen LogP contribution in [0.15, 0.2) is 27.6 Å². The highest BCUT2D eigenvalue weighted by Crippen LogP contribution is 2.34. The number of sulfonamides is 1. The molecule has 9 nitrogen and oxygen atoms in total.